The normalized spacial score (nSPS) is 13.3. The first kappa shape index (κ1) is 14.0. The number of halogens is 1. The molecule has 0 aromatic heterocycles. The molecule has 0 aliphatic rings. The van der Waals surface area contributed by atoms with Gasteiger partial charge in [0.25, 0.3) is 0 Å². The lowest BCUT2D eigenvalue weighted by molar-refractivity contribution is 0.0972. The third-order valence-corrected chi connectivity index (χ3v) is 3.28. The van der Waals surface area contributed by atoms with Gasteiger partial charge in [-0.2, -0.15) is 5.26 Å². The minimum atomic E-state index is -1.51. The van der Waals surface area contributed by atoms with E-state index in [-0.39, 0.29) is 11.3 Å². The fourth-order valence-electron chi connectivity index (χ4n) is 2.07. The van der Waals surface area contributed by atoms with Gasteiger partial charge in [0.05, 0.1) is 18.7 Å². The van der Waals surface area contributed by atoms with Gasteiger partial charge in [-0.05, 0) is 30.7 Å². The molecule has 1 N–H and O–H groups in total. The molecular weight excluding hydrogens is 257 g/mol. The lowest BCUT2D eigenvalue weighted by Gasteiger charge is -2.25. The molecule has 4 heteroatoms. The summed E-state index contributed by atoms with van der Waals surface area (Å²) in [6.45, 7) is 1.51. The van der Waals surface area contributed by atoms with Crippen molar-refractivity contribution in [2.24, 2.45) is 0 Å². The molecule has 0 heterocycles. The van der Waals surface area contributed by atoms with Crippen molar-refractivity contribution in [2.75, 3.05) is 7.11 Å². The molecule has 102 valence electrons. The molecule has 2 aromatic carbocycles. The van der Waals surface area contributed by atoms with Crippen molar-refractivity contribution in [1.29, 1.82) is 5.26 Å². The lowest BCUT2D eigenvalue weighted by Crippen LogP contribution is -2.24. The molecule has 2 rings (SSSR count). The van der Waals surface area contributed by atoms with Gasteiger partial charge in [0, 0.05) is 5.56 Å². The number of methoxy groups -OCH3 is 1. The Balaban J connectivity index is 2.51. The monoisotopic (exact) mass is 271 g/mol. The minimum Gasteiger partial charge on any atom is -0.494 e. The van der Waals surface area contributed by atoms with Gasteiger partial charge in [0.1, 0.15) is 5.60 Å². The molecule has 2 aromatic rings. The molecule has 20 heavy (non-hydrogen) atoms. The maximum atomic E-state index is 14.3. The van der Waals surface area contributed by atoms with Crippen molar-refractivity contribution in [3.8, 4) is 11.8 Å². The summed E-state index contributed by atoms with van der Waals surface area (Å²) in [5, 5.41) is 19.4. The number of ether oxygens (including phenoxy) is 1. The quantitative estimate of drug-likeness (QED) is 0.933. The van der Waals surface area contributed by atoms with E-state index in [0.29, 0.717) is 11.1 Å². The Morgan fingerprint density at radius 1 is 1.20 bits per heavy atom. The van der Waals surface area contributed by atoms with Crippen molar-refractivity contribution in [1.82, 2.24) is 0 Å². The molecule has 0 saturated carbocycles. The summed E-state index contributed by atoms with van der Waals surface area (Å²) in [7, 11) is 1.37. The fourth-order valence-corrected chi connectivity index (χ4v) is 2.07. The standard InChI is InChI=1S/C16H14FNO2/c1-16(19,12-8-6-11(10-18)7-9-12)13-4-3-5-14(20-2)15(13)17/h3-9,19H,1-2H3. The van der Waals surface area contributed by atoms with Crippen molar-refractivity contribution in [2.45, 2.75) is 12.5 Å². The van der Waals surface area contributed by atoms with E-state index in [0.717, 1.165) is 0 Å². The third kappa shape index (κ3) is 2.36. The predicted octanol–water partition coefficient (Wildman–Crippen LogP) is 2.96. The highest BCUT2D eigenvalue weighted by atomic mass is 19.1. The number of hydrogen-bond acceptors (Lipinski definition) is 3. The highest BCUT2D eigenvalue weighted by Crippen LogP contribution is 2.34. The van der Waals surface area contributed by atoms with E-state index in [1.807, 2.05) is 6.07 Å². The van der Waals surface area contributed by atoms with Crippen molar-refractivity contribution < 1.29 is 14.2 Å². The SMILES string of the molecule is COc1cccc(C(C)(O)c2ccc(C#N)cc2)c1F. The Hall–Kier alpha value is -2.38. The lowest BCUT2D eigenvalue weighted by atomic mass is 9.87. The molecule has 3 nitrogen and oxygen atoms in total. The summed E-state index contributed by atoms with van der Waals surface area (Å²) in [6.07, 6.45) is 0. The van der Waals surface area contributed by atoms with Crippen LogP contribution in [0.15, 0.2) is 42.5 Å². The zero-order chi connectivity index (χ0) is 14.8. The molecule has 0 amide bonds. The molecule has 0 radical (unpaired) electrons. The fraction of sp³-hybridized carbons (Fsp3) is 0.188. The van der Waals surface area contributed by atoms with Crippen LogP contribution in [-0.2, 0) is 5.60 Å². The van der Waals surface area contributed by atoms with Crippen LogP contribution < -0.4 is 4.74 Å². The topological polar surface area (TPSA) is 53.2 Å². The number of nitrogens with zero attached hydrogens (tertiary/aromatic N) is 1. The number of benzene rings is 2. The third-order valence-electron chi connectivity index (χ3n) is 3.28. The van der Waals surface area contributed by atoms with E-state index in [9.17, 15) is 9.50 Å². The Kier molecular flexibility index (Phi) is 3.73. The molecule has 0 saturated heterocycles. The second kappa shape index (κ2) is 5.32. The molecule has 0 spiro atoms. The number of hydrogen-bond donors (Lipinski definition) is 1. The summed E-state index contributed by atoms with van der Waals surface area (Å²) < 4.78 is 19.2. The first-order valence-electron chi connectivity index (χ1n) is 6.06. The van der Waals surface area contributed by atoms with Crippen molar-refractivity contribution in [3.05, 3.63) is 65.0 Å². The van der Waals surface area contributed by atoms with Crippen LogP contribution in [-0.4, -0.2) is 12.2 Å². The van der Waals surface area contributed by atoms with Crippen LogP contribution in [0.4, 0.5) is 4.39 Å². The van der Waals surface area contributed by atoms with Gasteiger partial charge in [0.2, 0.25) is 0 Å². The van der Waals surface area contributed by atoms with Crippen LogP contribution in [0.5, 0.6) is 5.75 Å². The molecular formula is C16H14FNO2. The molecule has 1 unspecified atom stereocenters. The summed E-state index contributed by atoms with van der Waals surface area (Å²) in [6, 6.07) is 13.0. The largest absolute Gasteiger partial charge is 0.494 e. The molecule has 0 fully saturated rings. The zero-order valence-electron chi connectivity index (χ0n) is 11.2. The molecule has 0 bridgehead atoms. The number of aliphatic hydroxyl groups is 1. The first-order chi connectivity index (χ1) is 9.50. The van der Waals surface area contributed by atoms with Crippen LogP contribution in [0, 0.1) is 17.1 Å². The summed E-state index contributed by atoms with van der Waals surface area (Å²) in [5.74, 6) is -0.513. The van der Waals surface area contributed by atoms with Gasteiger partial charge in [-0.3, -0.25) is 0 Å². The van der Waals surface area contributed by atoms with Crippen molar-refractivity contribution >= 4 is 0 Å². The Bertz CT molecular complexity index is 657. The molecule has 1 atom stereocenters. The Labute approximate surface area is 116 Å². The van der Waals surface area contributed by atoms with Crippen LogP contribution >= 0.6 is 0 Å². The summed E-state index contributed by atoms with van der Waals surface area (Å²) >= 11 is 0. The highest BCUT2D eigenvalue weighted by molar-refractivity contribution is 5.42. The summed E-state index contributed by atoms with van der Waals surface area (Å²) in [5.41, 5.74) is -0.395. The van der Waals surface area contributed by atoms with Gasteiger partial charge in [-0.25, -0.2) is 4.39 Å². The van der Waals surface area contributed by atoms with Crippen LogP contribution in [0.25, 0.3) is 0 Å². The molecule has 0 aliphatic heterocycles. The minimum absolute atomic E-state index is 0.0800. The average molecular weight is 271 g/mol. The smallest absolute Gasteiger partial charge is 0.171 e. The molecule has 0 aliphatic carbocycles. The van der Waals surface area contributed by atoms with E-state index in [2.05, 4.69) is 0 Å². The predicted molar refractivity (Wildman–Crippen MR) is 72.8 cm³/mol. The van der Waals surface area contributed by atoms with Crippen LogP contribution in [0.1, 0.15) is 23.6 Å². The highest BCUT2D eigenvalue weighted by Gasteiger charge is 2.30. The number of nitriles is 1. The maximum Gasteiger partial charge on any atom is 0.171 e. The van der Waals surface area contributed by atoms with E-state index in [1.54, 1.807) is 30.3 Å². The first-order valence-corrected chi connectivity index (χ1v) is 6.06. The number of rotatable bonds is 3. The van der Waals surface area contributed by atoms with Gasteiger partial charge in [-0.15, -0.1) is 0 Å². The van der Waals surface area contributed by atoms with Crippen LogP contribution in [0.3, 0.4) is 0 Å². The van der Waals surface area contributed by atoms with Gasteiger partial charge in [-0.1, -0.05) is 24.3 Å². The summed E-state index contributed by atoms with van der Waals surface area (Å²) in [4.78, 5) is 0. The van der Waals surface area contributed by atoms with E-state index in [1.165, 1.54) is 26.2 Å². The average Bonchev–Trinajstić information content (AvgIpc) is 2.47. The van der Waals surface area contributed by atoms with E-state index in [4.69, 9.17) is 10.00 Å². The zero-order valence-corrected chi connectivity index (χ0v) is 11.2. The van der Waals surface area contributed by atoms with Crippen molar-refractivity contribution in [3.63, 3.8) is 0 Å². The second-order valence-corrected chi connectivity index (χ2v) is 4.58. The maximum absolute atomic E-state index is 14.3. The van der Waals surface area contributed by atoms with Crippen LogP contribution in [0.2, 0.25) is 0 Å². The van der Waals surface area contributed by atoms with Gasteiger partial charge in [0.15, 0.2) is 11.6 Å². The van der Waals surface area contributed by atoms with E-state index < -0.39 is 11.4 Å². The second-order valence-electron chi connectivity index (χ2n) is 4.58. The Morgan fingerprint density at radius 2 is 1.85 bits per heavy atom. The van der Waals surface area contributed by atoms with Gasteiger partial charge >= 0.3 is 0 Å². The van der Waals surface area contributed by atoms with E-state index >= 15 is 0 Å². The van der Waals surface area contributed by atoms with Gasteiger partial charge < -0.3 is 9.84 Å². The Morgan fingerprint density at radius 3 is 2.40 bits per heavy atom.